The van der Waals surface area contributed by atoms with Gasteiger partial charge >= 0.3 is 0 Å². The second kappa shape index (κ2) is 6.69. The number of guanidine groups is 1. The van der Waals surface area contributed by atoms with Crippen LogP contribution in [-0.2, 0) is 6.42 Å². The molecule has 0 atom stereocenters. The molecule has 1 aliphatic carbocycles. The van der Waals surface area contributed by atoms with Crippen molar-refractivity contribution in [3.05, 3.63) is 29.8 Å². The minimum atomic E-state index is 0.254. The first-order valence-corrected chi connectivity index (χ1v) is 8.45. The summed E-state index contributed by atoms with van der Waals surface area (Å²) in [6, 6.07) is 8.57. The summed E-state index contributed by atoms with van der Waals surface area (Å²) in [6.45, 7) is 2.19. The number of aliphatic hydroxyl groups is 1. The molecule has 1 saturated carbocycles. The number of aliphatic hydroxyl groups excluding tert-OH is 1. The Morgan fingerprint density at radius 3 is 2.82 bits per heavy atom. The van der Waals surface area contributed by atoms with Gasteiger partial charge in [0.2, 0.25) is 0 Å². The molecule has 1 heterocycles. The van der Waals surface area contributed by atoms with Gasteiger partial charge in [-0.1, -0.05) is 31.0 Å². The van der Waals surface area contributed by atoms with Crippen molar-refractivity contribution in [2.45, 2.75) is 38.5 Å². The van der Waals surface area contributed by atoms with Crippen LogP contribution in [0.25, 0.3) is 0 Å². The number of nitrogens with one attached hydrogen (secondary N) is 1. The van der Waals surface area contributed by atoms with E-state index in [2.05, 4.69) is 39.5 Å². The van der Waals surface area contributed by atoms with E-state index in [0.29, 0.717) is 0 Å². The predicted molar refractivity (Wildman–Crippen MR) is 91.5 cm³/mol. The molecule has 1 aromatic rings. The lowest BCUT2D eigenvalue weighted by atomic mass is 9.83. The Labute approximate surface area is 133 Å². The van der Waals surface area contributed by atoms with Crippen molar-refractivity contribution in [1.82, 2.24) is 5.32 Å². The first-order chi connectivity index (χ1) is 10.8. The lowest BCUT2D eigenvalue weighted by Gasteiger charge is -2.31. The molecule has 1 fully saturated rings. The Morgan fingerprint density at radius 2 is 2.09 bits per heavy atom. The van der Waals surface area contributed by atoms with E-state index >= 15 is 0 Å². The summed E-state index contributed by atoms with van der Waals surface area (Å²) in [5.41, 5.74) is 2.93. The average molecular weight is 301 g/mol. The highest BCUT2D eigenvalue weighted by Crippen LogP contribution is 2.40. The topological polar surface area (TPSA) is 47.9 Å². The predicted octanol–water partition coefficient (Wildman–Crippen LogP) is 2.57. The molecule has 0 spiro atoms. The largest absolute Gasteiger partial charge is 0.396 e. The van der Waals surface area contributed by atoms with Crippen LogP contribution in [0, 0.1) is 5.41 Å². The first-order valence-electron chi connectivity index (χ1n) is 8.45. The van der Waals surface area contributed by atoms with Crippen molar-refractivity contribution in [3.63, 3.8) is 0 Å². The van der Waals surface area contributed by atoms with Crippen molar-refractivity contribution in [2.24, 2.45) is 10.4 Å². The number of hydrogen-bond acceptors (Lipinski definition) is 2. The zero-order valence-electron chi connectivity index (χ0n) is 13.5. The molecule has 2 aliphatic rings. The summed E-state index contributed by atoms with van der Waals surface area (Å²) in [6.07, 6.45) is 6.98. The van der Waals surface area contributed by atoms with Gasteiger partial charge in [0.25, 0.3) is 0 Å². The first kappa shape index (κ1) is 15.3. The monoisotopic (exact) mass is 301 g/mol. The molecule has 0 saturated heterocycles. The van der Waals surface area contributed by atoms with E-state index in [9.17, 15) is 5.11 Å². The van der Waals surface area contributed by atoms with Crippen LogP contribution in [0.3, 0.4) is 0 Å². The van der Waals surface area contributed by atoms with Gasteiger partial charge in [-0.2, -0.15) is 0 Å². The summed E-state index contributed by atoms with van der Waals surface area (Å²) in [7, 11) is 1.86. The molecule has 4 nitrogen and oxygen atoms in total. The third-order valence-electron chi connectivity index (χ3n) is 5.28. The third kappa shape index (κ3) is 2.98. The maximum Gasteiger partial charge on any atom is 0.198 e. The van der Waals surface area contributed by atoms with Crippen molar-refractivity contribution in [3.8, 4) is 0 Å². The lowest BCUT2D eigenvalue weighted by molar-refractivity contribution is 0.185. The number of fused-ring (bicyclic) bond motifs is 1. The SMILES string of the molecule is CN=C(NCC1(CCO)CCCC1)N1CCc2ccccc21. The third-order valence-corrected chi connectivity index (χ3v) is 5.28. The van der Waals surface area contributed by atoms with Crippen molar-refractivity contribution in [1.29, 1.82) is 0 Å². The molecule has 0 unspecified atom stereocenters. The Bertz CT molecular complexity index is 535. The summed E-state index contributed by atoms with van der Waals surface area (Å²) in [5, 5.41) is 13.0. The highest BCUT2D eigenvalue weighted by atomic mass is 16.3. The number of anilines is 1. The van der Waals surface area contributed by atoms with Crippen LogP contribution in [0.1, 0.15) is 37.7 Å². The molecule has 4 heteroatoms. The van der Waals surface area contributed by atoms with Gasteiger partial charge in [0.05, 0.1) is 0 Å². The number of para-hydroxylation sites is 1. The quantitative estimate of drug-likeness (QED) is 0.664. The van der Waals surface area contributed by atoms with Crippen LogP contribution in [-0.4, -0.2) is 37.8 Å². The number of rotatable bonds is 4. The molecule has 1 aromatic carbocycles. The number of benzene rings is 1. The maximum absolute atomic E-state index is 9.39. The van der Waals surface area contributed by atoms with Crippen LogP contribution in [0.2, 0.25) is 0 Å². The second-order valence-electron chi connectivity index (χ2n) is 6.61. The molecule has 1 aliphatic heterocycles. The van der Waals surface area contributed by atoms with Crippen LogP contribution in [0.4, 0.5) is 5.69 Å². The van der Waals surface area contributed by atoms with E-state index in [4.69, 9.17) is 0 Å². The summed E-state index contributed by atoms with van der Waals surface area (Å²) < 4.78 is 0. The van der Waals surface area contributed by atoms with E-state index in [-0.39, 0.29) is 12.0 Å². The zero-order valence-corrected chi connectivity index (χ0v) is 13.5. The van der Waals surface area contributed by atoms with Gasteiger partial charge in [-0.3, -0.25) is 4.99 Å². The van der Waals surface area contributed by atoms with Gasteiger partial charge in [-0.15, -0.1) is 0 Å². The van der Waals surface area contributed by atoms with Crippen LogP contribution in [0.5, 0.6) is 0 Å². The van der Waals surface area contributed by atoms with Gasteiger partial charge in [0, 0.05) is 32.4 Å². The average Bonchev–Trinajstić information content (AvgIpc) is 3.17. The van der Waals surface area contributed by atoms with Crippen LogP contribution < -0.4 is 10.2 Å². The standard InChI is InChI=1S/C18H27N3O/c1-19-17(20-14-18(11-13-22)9-4-5-10-18)21-12-8-15-6-2-3-7-16(15)21/h2-3,6-7,22H,4-5,8-14H2,1H3,(H,19,20). The smallest absolute Gasteiger partial charge is 0.198 e. The molecule has 0 amide bonds. The Kier molecular flexibility index (Phi) is 4.67. The molecule has 3 rings (SSSR count). The van der Waals surface area contributed by atoms with Crippen molar-refractivity contribution >= 4 is 11.6 Å². The van der Waals surface area contributed by atoms with Gasteiger partial charge in [0.1, 0.15) is 0 Å². The van der Waals surface area contributed by atoms with E-state index in [1.165, 1.54) is 36.9 Å². The van der Waals surface area contributed by atoms with E-state index in [1.807, 2.05) is 7.05 Å². The van der Waals surface area contributed by atoms with E-state index < -0.39 is 0 Å². The van der Waals surface area contributed by atoms with Crippen molar-refractivity contribution < 1.29 is 5.11 Å². The fraction of sp³-hybridized carbons (Fsp3) is 0.611. The Hall–Kier alpha value is -1.55. The van der Waals surface area contributed by atoms with Crippen LogP contribution >= 0.6 is 0 Å². The molecule has 2 N–H and O–H groups in total. The number of aliphatic imine (C=N–C) groups is 1. The summed E-state index contributed by atoms with van der Waals surface area (Å²) >= 11 is 0. The molecular formula is C18H27N3O. The second-order valence-corrected chi connectivity index (χ2v) is 6.61. The fourth-order valence-electron chi connectivity index (χ4n) is 4.00. The molecule has 22 heavy (non-hydrogen) atoms. The highest BCUT2D eigenvalue weighted by Gasteiger charge is 2.34. The maximum atomic E-state index is 9.39. The van der Waals surface area contributed by atoms with Gasteiger partial charge in [-0.05, 0) is 42.7 Å². The molecule has 120 valence electrons. The minimum Gasteiger partial charge on any atom is -0.396 e. The Balaban J connectivity index is 1.68. The van der Waals surface area contributed by atoms with Gasteiger partial charge in [0.15, 0.2) is 5.96 Å². The summed E-state index contributed by atoms with van der Waals surface area (Å²) in [5.74, 6) is 0.967. The van der Waals surface area contributed by atoms with Crippen LogP contribution in [0.15, 0.2) is 29.3 Å². The van der Waals surface area contributed by atoms with E-state index in [1.54, 1.807) is 0 Å². The Morgan fingerprint density at radius 1 is 1.32 bits per heavy atom. The number of nitrogens with zero attached hydrogens (tertiary/aromatic N) is 2. The molecular weight excluding hydrogens is 274 g/mol. The normalized spacial score (nSPS) is 20.3. The van der Waals surface area contributed by atoms with Gasteiger partial charge in [-0.25, -0.2) is 0 Å². The number of hydrogen-bond donors (Lipinski definition) is 2. The minimum absolute atomic E-state index is 0.254. The molecule has 0 aromatic heterocycles. The molecule has 0 bridgehead atoms. The van der Waals surface area contributed by atoms with Gasteiger partial charge < -0.3 is 15.3 Å². The summed E-state index contributed by atoms with van der Waals surface area (Å²) in [4.78, 5) is 6.78. The fourth-order valence-corrected chi connectivity index (χ4v) is 4.00. The van der Waals surface area contributed by atoms with Crippen molar-refractivity contribution in [2.75, 3.05) is 31.6 Å². The lowest BCUT2D eigenvalue weighted by Crippen LogP contribution is -2.45. The van der Waals surface area contributed by atoms with E-state index in [0.717, 1.165) is 31.9 Å². The zero-order chi connectivity index (χ0) is 15.4. The molecule has 0 radical (unpaired) electrons. The highest BCUT2D eigenvalue weighted by molar-refractivity contribution is 5.97.